The summed E-state index contributed by atoms with van der Waals surface area (Å²) in [5.74, 6) is 0.626. The number of carbonyl (C=O) groups excluding carboxylic acids is 1. The summed E-state index contributed by atoms with van der Waals surface area (Å²) in [6.45, 7) is 2.72. The number of hydrogen-bond donors (Lipinski definition) is 2. The van der Waals surface area contributed by atoms with Crippen LogP contribution in [0.25, 0.3) is 0 Å². The quantitative estimate of drug-likeness (QED) is 0.819. The molecule has 22 heavy (non-hydrogen) atoms. The Hall–Kier alpha value is -2.49. The van der Waals surface area contributed by atoms with Crippen molar-refractivity contribution in [2.45, 2.75) is 19.8 Å². The van der Waals surface area contributed by atoms with Gasteiger partial charge in [0, 0.05) is 18.7 Å². The van der Waals surface area contributed by atoms with E-state index in [-0.39, 0.29) is 5.91 Å². The Labute approximate surface area is 131 Å². The molecule has 2 N–H and O–H groups in total. The summed E-state index contributed by atoms with van der Waals surface area (Å²) >= 11 is 0. The second-order valence-electron chi connectivity index (χ2n) is 4.98. The van der Waals surface area contributed by atoms with E-state index in [0.29, 0.717) is 24.4 Å². The lowest BCUT2D eigenvalue weighted by molar-refractivity contribution is -0.115. The number of methoxy groups -OCH3 is 1. The molecule has 0 radical (unpaired) electrons. The van der Waals surface area contributed by atoms with E-state index in [9.17, 15) is 4.79 Å². The summed E-state index contributed by atoms with van der Waals surface area (Å²) in [6, 6.07) is 15.7. The topological polar surface area (TPSA) is 50.4 Å². The maximum atomic E-state index is 12.0. The van der Waals surface area contributed by atoms with Crippen molar-refractivity contribution in [2.24, 2.45) is 0 Å². The first-order chi connectivity index (χ1) is 10.7. The molecule has 0 unspecified atom stereocenters. The Balaban J connectivity index is 1.80. The molecule has 0 saturated heterocycles. The number of carbonyl (C=O) groups is 1. The highest BCUT2D eigenvalue weighted by atomic mass is 16.5. The number of amides is 1. The van der Waals surface area contributed by atoms with Crippen LogP contribution < -0.4 is 15.4 Å². The van der Waals surface area contributed by atoms with Crippen molar-refractivity contribution in [1.82, 2.24) is 0 Å². The predicted octanol–water partition coefficient (Wildman–Crippen LogP) is 3.70. The van der Waals surface area contributed by atoms with E-state index < -0.39 is 0 Å². The van der Waals surface area contributed by atoms with Gasteiger partial charge in [-0.05, 0) is 36.2 Å². The summed E-state index contributed by atoms with van der Waals surface area (Å²) in [5, 5.41) is 6.11. The van der Waals surface area contributed by atoms with Crippen LogP contribution >= 0.6 is 0 Å². The third-order valence-corrected chi connectivity index (χ3v) is 3.42. The normalized spacial score (nSPS) is 10.1. The SMILES string of the molecule is CCc1ccc(NCCC(=O)Nc2ccccc2OC)cc1. The van der Waals surface area contributed by atoms with Crippen LogP contribution in [0.5, 0.6) is 5.75 Å². The van der Waals surface area contributed by atoms with Gasteiger partial charge >= 0.3 is 0 Å². The molecular formula is C18H22N2O2. The zero-order chi connectivity index (χ0) is 15.8. The Morgan fingerprint density at radius 3 is 2.50 bits per heavy atom. The molecule has 0 aliphatic carbocycles. The summed E-state index contributed by atoms with van der Waals surface area (Å²) in [6.07, 6.45) is 1.43. The first-order valence-corrected chi connectivity index (χ1v) is 7.48. The van der Waals surface area contributed by atoms with E-state index in [0.717, 1.165) is 12.1 Å². The number of nitrogens with one attached hydrogen (secondary N) is 2. The molecular weight excluding hydrogens is 276 g/mol. The summed E-state index contributed by atoms with van der Waals surface area (Å²) in [7, 11) is 1.59. The molecule has 0 saturated carbocycles. The number of para-hydroxylation sites is 2. The standard InChI is InChI=1S/C18H22N2O2/c1-3-14-8-10-15(11-9-14)19-13-12-18(21)20-16-6-4-5-7-17(16)22-2/h4-11,19H,3,12-13H2,1-2H3,(H,20,21). The van der Waals surface area contributed by atoms with Crippen LogP contribution in [0.3, 0.4) is 0 Å². The zero-order valence-electron chi connectivity index (χ0n) is 13.1. The van der Waals surface area contributed by atoms with Gasteiger partial charge in [-0.15, -0.1) is 0 Å². The molecule has 0 aromatic heterocycles. The van der Waals surface area contributed by atoms with Crippen molar-refractivity contribution in [1.29, 1.82) is 0 Å². The molecule has 0 atom stereocenters. The van der Waals surface area contributed by atoms with Gasteiger partial charge in [0.1, 0.15) is 5.75 Å². The van der Waals surface area contributed by atoms with Crippen LogP contribution in [0.15, 0.2) is 48.5 Å². The van der Waals surface area contributed by atoms with Crippen LogP contribution in [-0.4, -0.2) is 19.6 Å². The molecule has 2 rings (SSSR count). The lowest BCUT2D eigenvalue weighted by Gasteiger charge is -2.10. The van der Waals surface area contributed by atoms with E-state index >= 15 is 0 Å². The highest BCUT2D eigenvalue weighted by Crippen LogP contribution is 2.23. The molecule has 0 spiro atoms. The fourth-order valence-corrected chi connectivity index (χ4v) is 2.14. The molecule has 2 aromatic rings. The number of aryl methyl sites for hydroxylation is 1. The lowest BCUT2D eigenvalue weighted by Crippen LogP contribution is -2.16. The van der Waals surface area contributed by atoms with Crippen molar-refractivity contribution in [3.63, 3.8) is 0 Å². The van der Waals surface area contributed by atoms with Crippen molar-refractivity contribution in [3.05, 3.63) is 54.1 Å². The minimum absolute atomic E-state index is 0.0396. The minimum Gasteiger partial charge on any atom is -0.495 e. The largest absolute Gasteiger partial charge is 0.495 e. The number of hydrogen-bond acceptors (Lipinski definition) is 3. The molecule has 4 nitrogen and oxygen atoms in total. The van der Waals surface area contributed by atoms with Gasteiger partial charge in [0.05, 0.1) is 12.8 Å². The van der Waals surface area contributed by atoms with Gasteiger partial charge in [0.2, 0.25) is 5.91 Å². The predicted molar refractivity (Wildman–Crippen MR) is 90.6 cm³/mol. The van der Waals surface area contributed by atoms with E-state index in [4.69, 9.17) is 4.74 Å². The van der Waals surface area contributed by atoms with Crippen molar-refractivity contribution < 1.29 is 9.53 Å². The van der Waals surface area contributed by atoms with Gasteiger partial charge in [-0.3, -0.25) is 4.79 Å². The van der Waals surface area contributed by atoms with Crippen LogP contribution in [0.1, 0.15) is 18.9 Å². The summed E-state index contributed by atoms with van der Waals surface area (Å²) in [5.41, 5.74) is 3.03. The second kappa shape index (κ2) is 8.08. The lowest BCUT2D eigenvalue weighted by atomic mass is 10.1. The molecule has 0 heterocycles. The molecule has 1 amide bonds. The van der Waals surface area contributed by atoms with Gasteiger partial charge in [0.25, 0.3) is 0 Å². The molecule has 116 valence electrons. The van der Waals surface area contributed by atoms with Crippen LogP contribution in [-0.2, 0) is 11.2 Å². The number of benzene rings is 2. The number of ether oxygens (including phenoxy) is 1. The van der Waals surface area contributed by atoms with Crippen molar-refractivity contribution in [3.8, 4) is 5.75 Å². The molecule has 2 aromatic carbocycles. The first-order valence-electron chi connectivity index (χ1n) is 7.48. The third kappa shape index (κ3) is 4.52. The molecule has 4 heteroatoms. The number of anilines is 2. The Morgan fingerprint density at radius 1 is 1.09 bits per heavy atom. The van der Waals surface area contributed by atoms with Crippen LogP contribution in [0, 0.1) is 0 Å². The first kappa shape index (κ1) is 15.9. The van der Waals surface area contributed by atoms with Gasteiger partial charge in [-0.1, -0.05) is 31.2 Å². The second-order valence-corrected chi connectivity index (χ2v) is 4.98. The monoisotopic (exact) mass is 298 g/mol. The maximum Gasteiger partial charge on any atom is 0.226 e. The van der Waals surface area contributed by atoms with Crippen molar-refractivity contribution in [2.75, 3.05) is 24.3 Å². The molecule has 0 bridgehead atoms. The zero-order valence-corrected chi connectivity index (χ0v) is 13.1. The Morgan fingerprint density at radius 2 is 1.82 bits per heavy atom. The smallest absolute Gasteiger partial charge is 0.226 e. The van der Waals surface area contributed by atoms with Gasteiger partial charge in [0.15, 0.2) is 0 Å². The van der Waals surface area contributed by atoms with Gasteiger partial charge in [-0.25, -0.2) is 0 Å². The Bertz CT molecular complexity index is 609. The van der Waals surface area contributed by atoms with Gasteiger partial charge in [-0.2, -0.15) is 0 Å². The van der Waals surface area contributed by atoms with Crippen LogP contribution in [0.4, 0.5) is 11.4 Å². The average molecular weight is 298 g/mol. The summed E-state index contributed by atoms with van der Waals surface area (Å²) < 4.78 is 5.21. The fourth-order valence-electron chi connectivity index (χ4n) is 2.14. The van der Waals surface area contributed by atoms with Crippen molar-refractivity contribution >= 4 is 17.3 Å². The molecule has 0 aliphatic rings. The van der Waals surface area contributed by atoms with Crippen LogP contribution in [0.2, 0.25) is 0 Å². The molecule has 0 aliphatic heterocycles. The third-order valence-electron chi connectivity index (χ3n) is 3.42. The van der Waals surface area contributed by atoms with E-state index in [1.807, 2.05) is 36.4 Å². The average Bonchev–Trinajstić information content (AvgIpc) is 2.56. The fraction of sp³-hybridized carbons (Fsp3) is 0.278. The highest BCUT2D eigenvalue weighted by molar-refractivity contribution is 5.92. The molecule has 0 fully saturated rings. The van der Waals surface area contributed by atoms with E-state index in [2.05, 4.69) is 29.7 Å². The summed E-state index contributed by atoms with van der Waals surface area (Å²) in [4.78, 5) is 12.0. The van der Waals surface area contributed by atoms with Gasteiger partial charge < -0.3 is 15.4 Å². The highest BCUT2D eigenvalue weighted by Gasteiger charge is 2.06. The number of rotatable bonds is 7. The van der Waals surface area contributed by atoms with E-state index in [1.165, 1.54) is 5.56 Å². The minimum atomic E-state index is -0.0396. The maximum absolute atomic E-state index is 12.0. The van der Waals surface area contributed by atoms with E-state index in [1.54, 1.807) is 7.11 Å². The Kier molecular flexibility index (Phi) is 5.83.